The van der Waals surface area contributed by atoms with Crippen LogP contribution in [-0.2, 0) is 0 Å². The van der Waals surface area contributed by atoms with E-state index in [2.05, 4.69) is 31.9 Å². The Kier molecular flexibility index (Phi) is 6.25. The van der Waals surface area contributed by atoms with E-state index in [0.29, 0.717) is 16.5 Å². The zero-order valence-electron chi connectivity index (χ0n) is 20.3. The molecule has 0 N–H and O–H groups in total. The molecule has 4 heterocycles. The van der Waals surface area contributed by atoms with Gasteiger partial charge in [0.1, 0.15) is 23.0 Å². The summed E-state index contributed by atoms with van der Waals surface area (Å²) in [5.41, 5.74) is 3.59. The van der Waals surface area contributed by atoms with Crippen LogP contribution in [0, 0.1) is 0 Å². The maximum Gasteiger partial charge on any atom is 0.227 e. The Hall–Kier alpha value is -3.72. The van der Waals surface area contributed by atoms with Gasteiger partial charge in [0, 0.05) is 82.2 Å². The van der Waals surface area contributed by atoms with Gasteiger partial charge >= 0.3 is 0 Å². The summed E-state index contributed by atoms with van der Waals surface area (Å²) in [4.78, 5) is 20.6. The zero-order valence-corrected chi connectivity index (χ0v) is 21.0. The normalized spacial score (nSPS) is 13.9. The molecule has 9 nitrogen and oxygen atoms in total. The van der Waals surface area contributed by atoms with E-state index in [1.807, 2.05) is 54.1 Å². The fourth-order valence-corrected chi connectivity index (χ4v) is 4.50. The average Bonchev–Trinajstić information content (AvgIpc) is 3.32. The molecule has 1 aliphatic rings. The van der Waals surface area contributed by atoms with E-state index in [-0.39, 0.29) is 0 Å². The number of nitrogens with zero attached hydrogens (tertiary/aromatic N) is 7. The molecule has 3 aromatic heterocycles. The van der Waals surface area contributed by atoms with Gasteiger partial charge in [-0.25, -0.2) is 9.97 Å². The standard InChI is InChI=1S/C25H28ClN7O2/c1-30(2)23-5-7-27-25(29-23)32-11-9-31(10-12-32)17-6-8-33-16-20(28-24(33)13-17)18-14-19(26)22(35-4)15-21(18)34-3/h5-8,13-16H,9-12H2,1-4H3. The molecule has 10 heteroatoms. The molecule has 0 bridgehead atoms. The zero-order chi connectivity index (χ0) is 24.5. The van der Waals surface area contributed by atoms with E-state index >= 15 is 0 Å². The molecule has 0 unspecified atom stereocenters. The number of halogens is 1. The first kappa shape index (κ1) is 23.0. The van der Waals surface area contributed by atoms with Gasteiger partial charge in [-0.3, -0.25) is 0 Å². The summed E-state index contributed by atoms with van der Waals surface area (Å²) in [6.07, 6.45) is 5.83. The lowest BCUT2D eigenvalue weighted by molar-refractivity contribution is 0.395. The number of rotatable bonds is 6. The van der Waals surface area contributed by atoms with Crippen LogP contribution in [-0.4, -0.2) is 73.8 Å². The molecule has 0 aliphatic carbocycles. The first-order chi connectivity index (χ1) is 17.0. The highest BCUT2D eigenvalue weighted by Gasteiger charge is 2.21. The van der Waals surface area contributed by atoms with Crippen LogP contribution in [0.15, 0.2) is 48.9 Å². The number of hydrogen-bond donors (Lipinski definition) is 0. The van der Waals surface area contributed by atoms with Gasteiger partial charge in [-0.05, 0) is 18.2 Å². The summed E-state index contributed by atoms with van der Waals surface area (Å²) in [6, 6.07) is 9.76. The van der Waals surface area contributed by atoms with Gasteiger partial charge in [0.05, 0.1) is 24.9 Å². The van der Waals surface area contributed by atoms with Crippen molar-refractivity contribution in [3.63, 3.8) is 0 Å². The monoisotopic (exact) mass is 493 g/mol. The Morgan fingerprint density at radius 1 is 0.914 bits per heavy atom. The molecule has 182 valence electrons. The number of fused-ring (bicyclic) bond motifs is 1. The second-order valence-electron chi connectivity index (χ2n) is 8.55. The summed E-state index contributed by atoms with van der Waals surface area (Å²) in [5.74, 6) is 2.91. The van der Waals surface area contributed by atoms with Crippen molar-refractivity contribution in [2.45, 2.75) is 0 Å². The Labute approximate surface area is 209 Å². The third-order valence-electron chi connectivity index (χ3n) is 6.21. The molecule has 0 saturated carbocycles. The van der Waals surface area contributed by atoms with E-state index < -0.39 is 0 Å². The minimum atomic E-state index is 0.513. The van der Waals surface area contributed by atoms with Gasteiger partial charge in [-0.2, -0.15) is 4.98 Å². The highest BCUT2D eigenvalue weighted by atomic mass is 35.5. The van der Waals surface area contributed by atoms with Crippen molar-refractivity contribution in [1.29, 1.82) is 0 Å². The summed E-state index contributed by atoms with van der Waals surface area (Å²) < 4.78 is 12.9. The fraction of sp³-hybridized carbons (Fsp3) is 0.320. The second kappa shape index (κ2) is 9.50. The topological polar surface area (TPSA) is 71.3 Å². The molecule has 1 fully saturated rings. The number of piperazine rings is 1. The van der Waals surface area contributed by atoms with Gasteiger partial charge in [-0.15, -0.1) is 0 Å². The van der Waals surface area contributed by atoms with Crippen molar-refractivity contribution >= 4 is 34.7 Å². The van der Waals surface area contributed by atoms with Crippen LogP contribution in [0.1, 0.15) is 0 Å². The van der Waals surface area contributed by atoms with Gasteiger partial charge < -0.3 is 28.6 Å². The lowest BCUT2D eigenvalue weighted by Crippen LogP contribution is -2.47. The lowest BCUT2D eigenvalue weighted by atomic mass is 10.1. The van der Waals surface area contributed by atoms with Gasteiger partial charge in [0.25, 0.3) is 0 Å². The van der Waals surface area contributed by atoms with E-state index in [4.69, 9.17) is 26.1 Å². The van der Waals surface area contributed by atoms with Crippen LogP contribution in [0.3, 0.4) is 0 Å². The lowest BCUT2D eigenvalue weighted by Gasteiger charge is -2.36. The maximum absolute atomic E-state index is 6.38. The van der Waals surface area contributed by atoms with Crippen molar-refractivity contribution in [2.75, 3.05) is 69.2 Å². The molecule has 1 aromatic carbocycles. The molecule has 0 amide bonds. The number of pyridine rings is 1. The number of benzene rings is 1. The van der Waals surface area contributed by atoms with Gasteiger partial charge in [-0.1, -0.05) is 11.6 Å². The van der Waals surface area contributed by atoms with E-state index in [0.717, 1.165) is 60.5 Å². The average molecular weight is 494 g/mol. The molecule has 0 atom stereocenters. The Morgan fingerprint density at radius 2 is 1.66 bits per heavy atom. The highest BCUT2D eigenvalue weighted by Crippen LogP contribution is 2.38. The summed E-state index contributed by atoms with van der Waals surface area (Å²) in [5, 5.41) is 0.513. The molecule has 0 radical (unpaired) electrons. The molecule has 4 aromatic rings. The van der Waals surface area contributed by atoms with Crippen molar-refractivity contribution in [2.24, 2.45) is 0 Å². The first-order valence-electron chi connectivity index (χ1n) is 11.4. The maximum atomic E-state index is 6.38. The fourth-order valence-electron chi connectivity index (χ4n) is 4.26. The van der Waals surface area contributed by atoms with Crippen LogP contribution >= 0.6 is 11.6 Å². The minimum absolute atomic E-state index is 0.513. The van der Waals surface area contributed by atoms with Crippen molar-refractivity contribution in [3.8, 4) is 22.8 Å². The van der Waals surface area contributed by atoms with Crippen LogP contribution in [0.25, 0.3) is 16.9 Å². The van der Waals surface area contributed by atoms with Crippen molar-refractivity contribution in [3.05, 3.63) is 53.9 Å². The molecular formula is C25H28ClN7O2. The predicted octanol–water partition coefficient (Wildman–Crippen LogP) is 3.85. The molecule has 1 aliphatic heterocycles. The second-order valence-corrected chi connectivity index (χ2v) is 8.95. The van der Waals surface area contributed by atoms with Crippen LogP contribution in [0.4, 0.5) is 17.5 Å². The Bertz CT molecular complexity index is 1350. The number of methoxy groups -OCH3 is 2. The molecular weight excluding hydrogens is 466 g/mol. The number of aromatic nitrogens is 4. The number of ether oxygens (including phenoxy) is 2. The Balaban J connectivity index is 1.35. The number of anilines is 3. The molecule has 35 heavy (non-hydrogen) atoms. The molecule has 0 spiro atoms. The van der Waals surface area contributed by atoms with E-state index in [1.54, 1.807) is 20.3 Å². The van der Waals surface area contributed by atoms with E-state index in [1.165, 1.54) is 0 Å². The van der Waals surface area contributed by atoms with Crippen molar-refractivity contribution < 1.29 is 9.47 Å². The summed E-state index contributed by atoms with van der Waals surface area (Å²) >= 11 is 6.38. The minimum Gasteiger partial charge on any atom is -0.496 e. The number of hydrogen-bond acceptors (Lipinski definition) is 8. The van der Waals surface area contributed by atoms with Crippen LogP contribution < -0.4 is 24.2 Å². The molecule has 1 saturated heterocycles. The third-order valence-corrected chi connectivity index (χ3v) is 6.50. The van der Waals surface area contributed by atoms with Crippen molar-refractivity contribution in [1.82, 2.24) is 19.4 Å². The number of imidazole rings is 1. The quantitative estimate of drug-likeness (QED) is 0.401. The van der Waals surface area contributed by atoms with Crippen LogP contribution in [0.5, 0.6) is 11.5 Å². The highest BCUT2D eigenvalue weighted by molar-refractivity contribution is 6.32. The van der Waals surface area contributed by atoms with Gasteiger partial charge in [0.15, 0.2) is 0 Å². The summed E-state index contributed by atoms with van der Waals surface area (Å²) in [7, 11) is 7.18. The van der Waals surface area contributed by atoms with E-state index in [9.17, 15) is 0 Å². The van der Waals surface area contributed by atoms with Crippen LogP contribution in [0.2, 0.25) is 5.02 Å². The SMILES string of the molecule is COc1cc(OC)c(-c2cn3ccc(N4CCN(c5nccc(N(C)C)n5)CC4)cc3n2)cc1Cl. The van der Waals surface area contributed by atoms with Gasteiger partial charge in [0.2, 0.25) is 5.95 Å². The molecule has 5 rings (SSSR count). The summed E-state index contributed by atoms with van der Waals surface area (Å²) in [6.45, 7) is 3.45. The largest absolute Gasteiger partial charge is 0.496 e. The first-order valence-corrected chi connectivity index (χ1v) is 11.8. The Morgan fingerprint density at radius 3 is 2.37 bits per heavy atom. The third kappa shape index (κ3) is 4.51. The smallest absolute Gasteiger partial charge is 0.227 e. The predicted molar refractivity (Wildman–Crippen MR) is 140 cm³/mol.